The lowest BCUT2D eigenvalue weighted by atomic mass is 10.1. The van der Waals surface area contributed by atoms with Crippen LogP contribution in [0.4, 0.5) is 20.3 Å². The Balaban J connectivity index is 1.83. The van der Waals surface area contributed by atoms with Gasteiger partial charge in [0, 0.05) is 38.7 Å². The molecule has 0 bridgehead atoms. The van der Waals surface area contributed by atoms with Gasteiger partial charge in [-0.3, -0.25) is 13.9 Å². The first-order valence-corrected chi connectivity index (χ1v) is 11.4. The summed E-state index contributed by atoms with van der Waals surface area (Å²) < 4.78 is 34.1. The monoisotopic (exact) mass is 506 g/mol. The lowest BCUT2D eigenvalue weighted by Gasteiger charge is -2.27. The van der Waals surface area contributed by atoms with Crippen LogP contribution in [0.1, 0.15) is 30.6 Å². The number of hydrogen-bond donors (Lipinski definition) is 2. The van der Waals surface area contributed by atoms with E-state index in [1.54, 1.807) is 36.2 Å². The fourth-order valence-corrected chi connectivity index (χ4v) is 4.24. The molecule has 0 saturated heterocycles. The highest BCUT2D eigenvalue weighted by Gasteiger charge is 2.36. The Labute approximate surface area is 204 Å². The zero-order chi connectivity index (χ0) is 25.3. The second-order valence-corrected chi connectivity index (χ2v) is 8.79. The Morgan fingerprint density at radius 3 is 2.54 bits per heavy atom. The van der Waals surface area contributed by atoms with Crippen molar-refractivity contribution in [3.8, 4) is 5.75 Å². The molecule has 8 nitrogen and oxygen atoms in total. The molecule has 2 aromatic carbocycles. The van der Waals surface area contributed by atoms with Crippen LogP contribution in [0.3, 0.4) is 0 Å². The molecule has 35 heavy (non-hydrogen) atoms. The Morgan fingerprint density at radius 2 is 1.89 bits per heavy atom. The van der Waals surface area contributed by atoms with E-state index in [-0.39, 0.29) is 37.6 Å². The number of nitrogens with zero attached hydrogens (tertiary/aromatic N) is 3. The smallest absolute Gasteiger partial charge is 0.394 e. The average molecular weight is 507 g/mol. The van der Waals surface area contributed by atoms with Crippen LogP contribution in [0, 0.1) is 0 Å². The normalized spacial score (nSPS) is 15.1. The highest BCUT2D eigenvalue weighted by Crippen LogP contribution is 2.40. The van der Waals surface area contributed by atoms with Gasteiger partial charge >= 0.3 is 11.8 Å². The molecule has 1 aromatic heterocycles. The van der Waals surface area contributed by atoms with Crippen LogP contribution in [0.2, 0.25) is 5.02 Å². The summed E-state index contributed by atoms with van der Waals surface area (Å²) in [4.78, 5) is 28.1. The number of alkyl halides is 2. The van der Waals surface area contributed by atoms with E-state index in [0.717, 1.165) is 10.1 Å². The van der Waals surface area contributed by atoms with Gasteiger partial charge in [-0.15, -0.1) is 0 Å². The van der Waals surface area contributed by atoms with Crippen molar-refractivity contribution in [2.24, 2.45) is 7.05 Å². The third-order valence-corrected chi connectivity index (χ3v) is 5.93. The Bertz CT molecular complexity index is 1340. The van der Waals surface area contributed by atoms with Gasteiger partial charge in [-0.2, -0.15) is 8.78 Å². The number of halogens is 3. The summed E-state index contributed by atoms with van der Waals surface area (Å²) in [5.74, 6) is 0.278. The first-order chi connectivity index (χ1) is 16.6. The van der Waals surface area contributed by atoms with Crippen molar-refractivity contribution in [2.75, 3.05) is 16.8 Å². The molecule has 1 atom stereocenters. The molecule has 0 fully saturated rings. The standard InChI is InChI=1S/C24H25ClF2N4O4/c1-24(26,27)35-18-6-3-5-16(13-18)20-28-21-19(31(20)14-15-7-9-17(25)10-8-15)22(33)30(11-4-12-32)23(34)29(21)2/h3,5-10,13,20,28,32H,4,11-12,14H2,1-2H3. The number of hydrogen-bond acceptors (Lipinski definition) is 6. The zero-order valence-electron chi connectivity index (χ0n) is 19.2. The number of aromatic nitrogens is 2. The van der Waals surface area contributed by atoms with Crippen LogP contribution < -0.4 is 26.2 Å². The van der Waals surface area contributed by atoms with Crippen molar-refractivity contribution in [1.29, 1.82) is 0 Å². The second kappa shape index (κ2) is 9.71. The van der Waals surface area contributed by atoms with Crippen molar-refractivity contribution in [1.82, 2.24) is 9.13 Å². The van der Waals surface area contributed by atoms with E-state index in [4.69, 9.17) is 16.3 Å². The highest BCUT2D eigenvalue weighted by atomic mass is 35.5. The minimum absolute atomic E-state index is 0.0338. The minimum atomic E-state index is -3.36. The summed E-state index contributed by atoms with van der Waals surface area (Å²) in [6.45, 7) is 0.811. The van der Waals surface area contributed by atoms with Gasteiger partial charge in [0.25, 0.3) is 5.56 Å². The summed E-state index contributed by atoms with van der Waals surface area (Å²) in [7, 11) is 1.54. The first-order valence-electron chi connectivity index (χ1n) is 11.0. The number of aliphatic hydroxyl groups is 1. The van der Waals surface area contributed by atoms with E-state index in [9.17, 15) is 23.5 Å². The molecular formula is C24H25ClF2N4O4. The Kier molecular flexibility index (Phi) is 6.86. The summed E-state index contributed by atoms with van der Waals surface area (Å²) in [6.07, 6.45) is -3.77. The number of ether oxygens (including phenoxy) is 1. The van der Waals surface area contributed by atoms with Gasteiger partial charge in [0.05, 0.1) is 0 Å². The number of rotatable bonds is 8. The van der Waals surface area contributed by atoms with E-state index >= 15 is 0 Å². The molecule has 3 aromatic rings. The molecule has 0 saturated carbocycles. The molecule has 186 valence electrons. The van der Waals surface area contributed by atoms with E-state index in [1.165, 1.54) is 16.7 Å². The molecule has 2 N–H and O–H groups in total. The average Bonchev–Trinajstić information content (AvgIpc) is 3.18. The van der Waals surface area contributed by atoms with Gasteiger partial charge in [-0.25, -0.2) is 4.79 Å². The lowest BCUT2D eigenvalue weighted by Crippen LogP contribution is -2.41. The molecule has 0 spiro atoms. The molecule has 2 heterocycles. The van der Waals surface area contributed by atoms with E-state index < -0.39 is 23.5 Å². The third-order valence-electron chi connectivity index (χ3n) is 5.67. The van der Waals surface area contributed by atoms with Crippen molar-refractivity contribution in [3.05, 3.63) is 85.5 Å². The fraction of sp³-hybridized carbons (Fsp3) is 0.333. The fourth-order valence-electron chi connectivity index (χ4n) is 4.11. The van der Waals surface area contributed by atoms with E-state index in [0.29, 0.717) is 23.3 Å². The molecule has 1 aliphatic heterocycles. The van der Waals surface area contributed by atoms with E-state index in [1.807, 2.05) is 12.1 Å². The Morgan fingerprint density at radius 1 is 1.17 bits per heavy atom. The number of aliphatic hydroxyl groups excluding tert-OH is 1. The van der Waals surface area contributed by atoms with Crippen LogP contribution in [-0.4, -0.2) is 27.0 Å². The molecule has 0 amide bonds. The van der Waals surface area contributed by atoms with Crippen LogP contribution in [0.5, 0.6) is 5.75 Å². The minimum Gasteiger partial charge on any atom is -0.433 e. The lowest BCUT2D eigenvalue weighted by molar-refractivity contribution is -0.158. The van der Waals surface area contributed by atoms with Crippen molar-refractivity contribution in [3.63, 3.8) is 0 Å². The van der Waals surface area contributed by atoms with Gasteiger partial charge in [-0.1, -0.05) is 35.9 Å². The van der Waals surface area contributed by atoms with Gasteiger partial charge in [-0.05, 0) is 41.8 Å². The summed E-state index contributed by atoms with van der Waals surface area (Å²) in [6, 6.07) is 13.3. The molecule has 1 unspecified atom stereocenters. The molecule has 0 radical (unpaired) electrons. The summed E-state index contributed by atoms with van der Waals surface area (Å²) in [5, 5.41) is 13.0. The van der Waals surface area contributed by atoms with Crippen molar-refractivity contribution in [2.45, 2.75) is 38.7 Å². The molecular weight excluding hydrogens is 482 g/mol. The third kappa shape index (κ3) is 5.18. The molecule has 1 aliphatic rings. The predicted molar refractivity (Wildman–Crippen MR) is 129 cm³/mol. The van der Waals surface area contributed by atoms with Crippen molar-refractivity contribution < 1.29 is 18.6 Å². The van der Waals surface area contributed by atoms with Crippen LogP contribution in [-0.2, 0) is 20.1 Å². The molecule has 11 heteroatoms. The number of nitrogens with one attached hydrogen (secondary N) is 1. The zero-order valence-corrected chi connectivity index (χ0v) is 19.9. The summed E-state index contributed by atoms with van der Waals surface area (Å²) in [5.41, 5.74) is 0.636. The van der Waals surface area contributed by atoms with Gasteiger partial charge < -0.3 is 20.1 Å². The maximum Gasteiger partial charge on any atom is 0.394 e. The number of benzene rings is 2. The number of anilines is 2. The van der Waals surface area contributed by atoms with Gasteiger partial charge in [0.2, 0.25) is 0 Å². The summed E-state index contributed by atoms with van der Waals surface area (Å²) >= 11 is 6.02. The quantitative estimate of drug-likeness (QED) is 0.484. The number of fused-ring (bicyclic) bond motifs is 1. The second-order valence-electron chi connectivity index (χ2n) is 8.36. The van der Waals surface area contributed by atoms with Crippen LogP contribution in [0.15, 0.2) is 58.1 Å². The van der Waals surface area contributed by atoms with Gasteiger partial charge in [0.15, 0.2) is 0 Å². The van der Waals surface area contributed by atoms with Crippen molar-refractivity contribution >= 4 is 23.1 Å². The van der Waals surface area contributed by atoms with Crippen LogP contribution >= 0.6 is 11.6 Å². The topological polar surface area (TPSA) is 88.7 Å². The van der Waals surface area contributed by atoms with Crippen LogP contribution in [0.25, 0.3) is 0 Å². The SMILES string of the molecule is Cn1c2c(c(=O)n(CCCO)c1=O)N(Cc1ccc(Cl)cc1)C(c1cccc(OC(C)(F)F)c1)N2. The maximum atomic E-state index is 13.5. The highest BCUT2D eigenvalue weighted by molar-refractivity contribution is 6.30. The first kappa shape index (κ1) is 24.7. The molecule has 4 rings (SSSR count). The predicted octanol–water partition coefficient (Wildman–Crippen LogP) is 3.71. The van der Waals surface area contributed by atoms with Gasteiger partial charge in [0.1, 0.15) is 23.4 Å². The largest absolute Gasteiger partial charge is 0.433 e. The molecule has 0 aliphatic carbocycles. The Hall–Kier alpha value is -3.37. The van der Waals surface area contributed by atoms with E-state index in [2.05, 4.69) is 5.32 Å². The maximum absolute atomic E-state index is 13.5.